The van der Waals surface area contributed by atoms with Crippen LogP contribution in [0.1, 0.15) is 47.8 Å². The van der Waals surface area contributed by atoms with Gasteiger partial charge < -0.3 is 9.88 Å². The second kappa shape index (κ2) is 8.74. The molecule has 1 aromatic heterocycles. The highest BCUT2D eigenvalue weighted by Gasteiger charge is 2.33. The summed E-state index contributed by atoms with van der Waals surface area (Å²) >= 11 is 6.01. The first-order chi connectivity index (χ1) is 15.9. The van der Waals surface area contributed by atoms with Gasteiger partial charge >= 0.3 is 0 Å². The molecule has 33 heavy (non-hydrogen) atoms. The summed E-state index contributed by atoms with van der Waals surface area (Å²) in [5.41, 5.74) is 2.51. The third-order valence-electron chi connectivity index (χ3n) is 6.66. The van der Waals surface area contributed by atoms with Crippen LogP contribution in [0.4, 0.5) is 0 Å². The SMILES string of the molecule is CNC(=O)c1ccc2nc(C3CC3)n(CC3CCN(S(=O)(=O)c4cccc(Cl)c4)CC3)c2c1. The molecule has 1 saturated heterocycles. The minimum Gasteiger partial charge on any atom is -0.355 e. The Hall–Kier alpha value is -2.42. The van der Waals surface area contributed by atoms with Crippen molar-refractivity contribution in [2.75, 3.05) is 20.1 Å². The molecule has 1 aliphatic carbocycles. The van der Waals surface area contributed by atoms with E-state index in [1.807, 2.05) is 18.2 Å². The van der Waals surface area contributed by atoms with E-state index >= 15 is 0 Å². The Labute approximate surface area is 198 Å². The molecule has 3 aromatic rings. The molecule has 1 aliphatic heterocycles. The maximum absolute atomic E-state index is 13.0. The fourth-order valence-electron chi connectivity index (χ4n) is 4.64. The second-order valence-electron chi connectivity index (χ2n) is 8.94. The number of amides is 1. The smallest absolute Gasteiger partial charge is 0.251 e. The fourth-order valence-corrected chi connectivity index (χ4v) is 6.41. The van der Waals surface area contributed by atoms with E-state index in [2.05, 4.69) is 9.88 Å². The lowest BCUT2D eigenvalue weighted by molar-refractivity contribution is 0.0963. The number of aromatic nitrogens is 2. The first kappa shape index (κ1) is 22.4. The van der Waals surface area contributed by atoms with Crippen LogP contribution in [0.25, 0.3) is 11.0 Å². The van der Waals surface area contributed by atoms with Crippen molar-refractivity contribution in [3.8, 4) is 0 Å². The van der Waals surface area contributed by atoms with Crippen molar-refractivity contribution in [2.45, 2.75) is 43.0 Å². The van der Waals surface area contributed by atoms with Gasteiger partial charge in [0.1, 0.15) is 5.82 Å². The van der Waals surface area contributed by atoms with Crippen molar-refractivity contribution in [1.82, 2.24) is 19.2 Å². The standard InChI is InChI=1S/C24H27ClN4O3S/c1-26-24(30)18-7-8-21-22(13-18)29(23(27-21)17-5-6-17)15-16-9-11-28(12-10-16)33(31,32)20-4-2-3-19(25)14-20/h2-4,7-8,13-14,16-17H,5-6,9-12,15H2,1H3,(H,26,30). The second-order valence-corrected chi connectivity index (χ2v) is 11.3. The van der Waals surface area contributed by atoms with Crippen LogP contribution in [-0.2, 0) is 16.6 Å². The molecule has 7 nitrogen and oxygen atoms in total. The first-order valence-corrected chi connectivity index (χ1v) is 13.2. The molecule has 0 radical (unpaired) electrons. The molecule has 1 saturated carbocycles. The quantitative estimate of drug-likeness (QED) is 0.570. The van der Waals surface area contributed by atoms with Crippen LogP contribution < -0.4 is 5.32 Å². The number of nitrogens with zero attached hydrogens (tertiary/aromatic N) is 3. The molecule has 174 valence electrons. The zero-order valence-corrected chi connectivity index (χ0v) is 20.1. The van der Waals surface area contributed by atoms with Crippen LogP contribution in [0.3, 0.4) is 0 Å². The van der Waals surface area contributed by atoms with Gasteiger partial charge in [-0.3, -0.25) is 4.79 Å². The molecule has 9 heteroatoms. The van der Waals surface area contributed by atoms with Gasteiger partial charge in [-0.15, -0.1) is 0 Å². The average Bonchev–Trinajstić information content (AvgIpc) is 3.61. The van der Waals surface area contributed by atoms with Crippen molar-refractivity contribution < 1.29 is 13.2 Å². The van der Waals surface area contributed by atoms with E-state index in [0.29, 0.717) is 35.5 Å². The van der Waals surface area contributed by atoms with Crippen molar-refractivity contribution in [3.05, 3.63) is 58.9 Å². The minimum absolute atomic E-state index is 0.114. The molecule has 0 spiro atoms. The van der Waals surface area contributed by atoms with Crippen LogP contribution >= 0.6 is 11.6 Å². The molecule has 2 fully saturated rings. The number of nitrogens with one attached hydrogen (secondary N) is 1. The predicted molar refractivity (Wildman–Crippen MR) is 128 cm³/mol. The third-order valence-corrected chi connectivity index (χ3v) is 8.79. The lowest BCUT2D eigenvalue weighted by Crippen LogP contribution is -2.39. The van der Waals surface area contributed by atoms with E-state index < -0.39 is 10.0 Å². The number of benzene rings is 2. The van der Waals surface area contributed by atoms with Gasteiger partial charge in [0.05, 0.1) is 15.9 Å². The lowest BCUT2D eigenvalue weighted by Gasteiger charge is -2.31. The number of piperidine rings is 1. The summed E-state index contributed by atoms with van der Waals surface area (Å²) in [6, 6.07) is 12.1. The fraction of sp³-hybridized carbons (Fsp3) is 0.417. The Kier molecular flexibility index (Phi) is 5.93. The number of imidazole rings is 1. The van der Waals surface area contributed by atoms with Crippen molar-refractivity contribution in [2.24, 2.45) is 5.92 Å². The molecule has 5 rings (SSSR count). The Bertz CT molecular complexity index is 1310. The lowest BCUT2D eigenvalue weighted by atomic mass is 9.98. The van der Waals surface area contributed by atoms with Gasteiger partial charge in [-0.05, 0) is 68.0 Å². The molecular weight excluding hydrogens is 460 g/mol. The molecule has 2 heterocycles. The summed E-state index contributed by atoms with van der Waals surface area (Å²) in [6.45, 7) is 1.74. The molecule has 0 unspecified atom stereocenters. The van der Waals surface area contributed by atoms with Gasteiger partial charge in [0.2, 0.25) is 10.0 Å². The van der Waals surface area contributed by atoms with Crippen molar-refractivity contribution >= 4 is 38.6 Å². The van der Waals surface area contributed by atoms with E-state index in [9.17, 15) is 13.2 Å². The number of hydrogen-bond acceptors (Lipinski definition) is 4. The highest BCUT2D eigenvalue weighted by Crippen LogP contribution is 2.41. The normalized spacial score (nSPS) is 18.0. The van der Waals surface area contributed by atoms with E-state index in [0.717, 1.165) is 49.1 Å². The molecular formula is C24H27ClN4O3S. The highest BCUT2D eigenvalue weighted by molar-refractivity contribution is 7.89. The van der Waals surface area contributed by atoms with E-state index in [-0.39, 0.29) is 10.8 Å². The largest absolute Gasteiger partial charge is 0.355 e. The molecule has 0 atom stereocenters. The molecule has 1 amide bonds. The summed E-state index contributed by atoms with van der Waals surface area (Å²) in [4.78, 5) is 17.3. The molecule has 2 aliphatic rings. The van der Waals surface area contributed by atoms with Gasteiger partial charge in [0, 0.05) is 43.2 Å². The Morgan fingerprint density at radius 3 is 2.55 bits per heavy atom. The first-order valence-electron chi connectivity index (χ1n) is 11.3. The van der Waals surface area contributed by atoms with Crippen molar-refractivity contribution in [1.29, 1.82) is 0 Å². The average molecular weight is 487 g/mol. The number of halogens is 1. The van der Waals surface area contributed by atoms with Crippen LogP contribution in [0.5, 0.6) is 0 Å². The third kappa shape index (κ3) is 4.39. The summed E-state index contributed by atoms with van der Waals surface area (Å²) in [7, 11) is -1.92. The van der Waals surface area contributed by atoms with E-state index in [1.54, 1.807) is 29.6 Å². The van der Waals surface area contributed by atoms with E-state index in [4.69, 9.17) is 16.6 Å². The zero-order valence-electron chi connectivity index (χ0n) is 18.5. The number of rotatable bonds is 6. The summed E-state index contributed by atoms with van der Waals surface area (Å²) in [5.74, 6) is 1.80. The Morgan fingerprint density at radius 2 is 1.88 bits per heavy atom. The topological polar surface area (TPSA) is 84.3 Å². The number of sulfonamides is 1. The maximum atomic E-state index is 13.0. The van der Waals surface area contributed by atoms with Crippen molar-refractivity contribution in [3.63, 3.8) is 0 Å². The van der Waals surface area contributed by atoms with Crippen LogP contribution in [-0.4, -0.2) is 48.3 Å². The number of carbonyl (C=O) groups excluding carboxylic acids is 1. The molecule has 1 N–H and O–H groups in total. The Balaban J connectivity index is 1.36. The van der Waals surface area contributed by atoms with Gasteiger partial charge in [0.25, 0.3) is 5.91 Å². The molecule has 0 bridgehead atoms. The van der Waals surface area contributed by atoms with Crippen LogP contribution in [0, 0.1) is 5.92 Å². The number of carbonyl (C=O) groups is 1. The summed E-state index contributed by atoms with van der Waals surface area (Å²) in [5, 5.41) is 3.10. The summed E-state index contributed by atoms with van der Waals surface area (Å²) < 4.78 is 29.9. The number of hydrogen-bond donors (Lipinski definition) is 1. The monoisotopic (exact) mass is 486 g/mol. The van der Waals surface area contributed by atoms with Gasteiger partial charge in [-0.25, -0.2) is 13.4 Å². The minimum atomic E-state index is -3.55. The Morgan fingerprint density at radius 1 is 1.12 bits per heavy atom. The van der Waals surface area contributed by atoms with E-state index in [1.165, 1.54) is 6.07 Å². The van der Waals surface area contributed by atoms with Crippen LogP contribution in [0.15, 0.2) is 47.4 Å². The van der Waals surface area contributed by atoms with Gasteiger partial charge in [-0.2, -0.15) is 4.31 Å². The number of fused-ring (bicyclic) bond motifs is 1. The van der Waals surface area contributed by atoms with Gasteiger partial charge in [-0.1, -0.05) is 17.7 Å². The van der Waals surface area contributed by atoms with Crippen LogP contribution in [0.2, 0.25) is 5.02 Å². The highest BCUT2D eigenvalue weighted by atomic mass is 35.5. The molecule has 2 aromatic carbocycles. The summed E-state index contributed by atoms with van der Waals surface area (Å²) in [6.07, 6.45) is 3.83. The predicted octanol–water partition coefficient (Wildman–Crippen LogP) is 4.03. The zero-order chi connectivity index (χ0) is 23.2. The van der Waals surface area contributed by atoms with Gasteiger partial charge in [0.15, 0.2) is 0 Å². The maximum Gasteiger partial charge on any atom is 0.251 e.